The Bertz CT molecular complexity index is 322. The van der Waals surface area contributed by atoms with Crippen molar-refractivity contribution in [2.75, 3.05) is 26.9 Å². The molecule has 1 saturated carbocycles. The lowest BCUT2D eigenvalue weighted by molar-refractivity contribution is -0.192. The average Bonchev–Trinajstić information content (AvgIpc) is 2.38. The monoisotopic (exact) mass is 297 g/mol. The molecule has 0 spiro atoms. The van der Waals surface area contributed by atoms with Crippen molar-refractivity contribution in [3.8, 4) is 0 Å². The molecule has 1 N–H and O–H groups in total. The standard InChI is InChI=1S/C13H22F3NO3/c1-3-20-11(18)12(17-7-8-19-2)6-4-5-10(9-12)13(14,15)16/h10,17H,3-9H2,1-2H3. The second-order valence-electron chi connectivity index (χ2n) is 5.06. The fourth-order valence-corrected chi connectivity index (χ4v) is 2.63. The van der Waals surface area contributed by atoms with E-state index in [4.69, 9.17) is 9.47 Å². The van der Waals surface area contributed by atoms with Gasteiger partial charge in [-0.3, -0.25) is 10.1 Å². The van der Waals surface area contributed by atoms with Crippen molar-refractivity contribution >= 4 is 5.97 Å². The molecule has 0 radical (unpaired) electrons. The zero-order valence-electron chi connectivity index (χ0n) is 11.9. The third-order valence-corrected chi connectivity index (χ3v) is 3.65. The van der Waals surface area contributed by atoms with Gasteiger partial charge in [-0.2, -0.15) is 13.2 Å². The van der Waals surface area contributed by atoms with E-state index in [9.17, 15) is 18.0 Å². The molecule has 1 rings (SSSR count). The topological polar surface area (TPSA) is 47.6 Å². The van der Waals surface area contributed by atoms with Crippen LogP contribution in [0.4, 0.5) is 13.2 Å². The van der Waals surface area contributed by atoms with Gasteiger partial charge in [-0.15, -0.1) is 0 Å². The number of hydrogen-bond acceptors (Lipinski definition) is 4. The van der Waals surface area contributed by atoms with Gasteiger partial charge >= 0.3 is 12.1 Å². The molecule has 7 heteroatoms. The van der Waals surface area contributed by atoms with Gasteiger partial charge in [0, 0.05) is 13.7 Å². The number of nitrogens with one attached hydrogen (secondary N) is 1. The Balaban J connectivity index is 2.83. The Hall–Kier alpha value is -0.820. The summed E-state index contributed by atoms with van der Waals surface area (Å²) in [6.45, 7) is 2.45. The zero-order valence-corrected chi connectivity index (χ0v) is 11.9. The third kappa shape index (κ3) is 4.34. The maximum Gasteiger partial charge on any atom is 0.391 e. The van der Waals surface area contributed by atoms with Crippen LogP contribution in [0.5, 0.6) is 0 Å². The van der Waals surface area contributed by atoms with Crippen molar-refractivity contribution < 1.29 is 27.4 Å². The average molecular weight is 297 g/mol. The van der Waals surface area contributed by atoms with Crippen LogP contribution in [0.1, 0.15) is 32.6 Å². The number of methoxy groups -OCH3 is 1. The third-order valence-electron chi connectivity index (χ3n) is 3.65. The molecule has 0 aliphatic heterocycles. The number of halogens is 3. The maximum atomic E-state index is 12.9. The van der Waals surface area contributed by atoms with E-state index in [1.54, 1.807) is 6.92 Å². The smallest absolute Gasteiger partial charge is 0.391 e. The Labute approximate surface area is 117 Å². The minimum absolute atomic E-state index is 0.0661. The molecule has 1 aliphatic carbocycles. The Morgan fingerprint density at radius 2 is 2.15 bits per heavy atom. The van der Waals surface area contributed by atoms with Gasteiger partial charge in [0.1, 0.15) is 5.54 Å². The molecule has 2 atom stereocenters. The Morgan fingerprint density at radius 1 is 1.45 bits per heavy atom. The van der Waals surface area contributed by atoms with Gasteiger partial charge in [0.25, 0.3) is 0 Å². The van der Waals surface area contributed by atoms with Crippen molar-refractivity contribution in [1.29, 1.82) is 0 Å². The van der Waals surface area contributed by atoms with Crippen molar-refractivity contribution in [3.05, 3.63) is 0 Å². The molecule has 4 nitrogen and oxygen atoms in total. The van der Waals surface area contributed by atoms with Crippen molar-refractivity contribution in [2.45, 2.75) is 44.3 Å². The molecule has 1 aliphatic rings. The lowest BCUT2D eigenvalue weighted by Gasteiger charge is -2.40. The van der Waals surface area contributed by atoms with E-state index in [-0.39, 0.29) is 19.4 Å². The summed E-state index contributed by atoms with van der Waals surface area (Å²) >= 11 is 0. The van der Waals surface area contributed by atoms with Gasteiger partial charge in [0.2, 0.25) is 0 Å². The van der Waals surface area contributed by atoms with Crippen LogP contribution in [0.25, 0.3) is 0 Å². The summed E-state index contributed by atoms with van der Waals surface area (Å²) in [7, 11) is 1.50. The van der Waals surface area contributed by atoms with Crippen molar-refractivity contribution in [2.24, 2.45) is 5.92 Å². The van der Waals surface area contributed by atoms with E-state index >= 15 is 0 Å². The molecule has 0 aromatic rings. The van der Waals surface area contributed by atoms with E-state index in [0.717, 1.165) is 0 Å². The van der Waals surface area contributed by atoms with Crippen LogP contribution < -0.4 is 5.32 Å². The second kappa shape index (κ2) is 7.26. The number of carbonyl (C=O) groups is 1. The van der Waals surface area contributed by atoms with Crippen LogP contribution in [0, 0.1) is 5.92 Å². The molecule has 2 unspecified atom stereocenters. The number of ether oxygens (including phenoxy) is 2. The number of rotatable bonds is 6. The van der Waals surface area contributed by atoms with Crippen molar-refractivity contribution in [3.63, 3.8) is 0 Å². The van der Waals surface area contributed by atoms with E-state index in [2.05, 4.69) is 5.32 Å². The van der Waals surface area contributed by atoms with E-state index < -0.39 is 23.6 Å². The summed E-state index contributed by atoms with van der Waals surface area (Å²) in [5, 5.41) is 2.92. The molecular weight excluding hydrogens is 275 g/mol. The van der Waals surface area contributed by atoms with Crippen molar-refractivity contribution in [1.82, 2.24) is 5.32 Å². The summed E-state index contributed by atoms with van der Waals surface area (Å²) < 4.78 is 48.6. The highest BCUT2D eigenvalue weighted by Crippen LogP contribution is 2.42. The van der Waals surface area contributed by atoms with E-state index in [0.29, 0.717) is 26.0 Å². The maximum absolute atomic E-state index is 12.9. The van der Waals surface area contributed by atoms with Gasteiger partial charge in [-0.05, 0) is 26.2 Å². The summed E-state index contributed by atoms with van der Waals surface area (Å²) in [6.07, 6.45) is -3.76. The highest BCUT2D eigenvalue weighted by atomic mass is 19.4. The van der Waals surface area contributed by atoms with Gasteiger partial charge in [-0.25, -0.2) is 0 Å². The van der Waals surface area contributed by atoms with Crippen LogP contribution >= 0.6 is 0 Å². The molecule has 0 aromatic carbocycles. The highest BCUT2D eigenvalue weighted by Gasteiger charge is 2.51. The molecule has 0 heterocycles. The first-order valence-corrected chi connectivity index (χ1v) is 6.83. The first-order valence-electron chi connectivity index (χ1n) is 6.83. The van der Waals surface area contributed by atoms with E-state index in [1.165, 1.54) is 7.11 Å². The van der Waals surface area contributed by atoms with Crippen LogP contribution in [0.2, 0.25) is 0 Å². The number of alkyl halides is 3. The fraction of sp³-hybridized carbons (Fsp3) is 0.923. The molecule has 118 valence electrons. The predicted molar refractivity (Wildman–Crippen MR) is 67.3 cm³/mol. The van der Waals surface area contributed by atoms with Crippen LogP contribution in [0.15, 0.2) is 0 Å². The molecule has 0 amide bonds. The minimum Gasteiger partial charge on any atom is -0.465 e. The summed E-state index contributed by atoms with van der Waals surface area (Å²) in [5.41, 5.74) is -1.24. The first-order chi connectivity index (χ1) is 9.35. The van der Waals surface area contributed by atoms with Gasteiger partial charge < -0.3 is 9.47 Å². The largest absolute Gasteiger partial charge is 0.465 e. The molecule has 20 heavy (non-hydrogen) atoms. The normalized spacial score (nSPS) is 27.4. The molecule has 0 saturated heterocycles. The Kier molecular flexibility index (Phi) is 6.26. The van der Waals surface area contributed by atoms with Gasteiger partial charge in [0.15, 0.2) is 0 Å². The Morgan fingerprint density at radius 3 is 2.70 bits per heavy atom. The summed E-state index contributed by atoms with van der Waals surface area (Å²) in [4.78, 5) is 12.1. The lowest BCUT2D eigenvalue weighted by Crippen LogP contribution is -2.57. The number of hydrogen-bond donors (Lipinski definition) is 1. The minimum atomic E-state index is -4.28. The van der Waals surface area contributed by atoms with E-state index in [1.807, 2.05) is 0 Å². The second-order valence-corrected chi connectivity index (χ2v) is 5.06. The zero-order chi connectivity index (χ0) is 15.2. The van der Waals surface area contributed by atoms with Gasteiger partial charge in [0.05, 0.1) is 19.1 Å². The van der Waals surface area contributed by atoms with Crippen LogP contribution in [-0.2, 0) is 14.3 Å². The predicted octanol–water partition coefficient (Wildman–Crippen LogP) is 2.28. The number of carbonyl (C=O) groups excluding carboxylic acids is 1. The van der Waals surface area contributed by atoms with Crippen LogP contribution in [-0.4, -0.2) is 44.6 Å². The molecule has 0 bridgehead atoms. The first kappa shape index (κ1) is 17.2. The number of esters is 1. The van der Waals surface area contributed by atoms with Crippen LogP contribution in [0.3, 0.4) is 0 Å². The SMILES string of the molecule is CCOC(=O)C1(NCCOC)CCCC(C(F)(F)F)C1. The lowest BCUT2D eigenvalue weighted by atomic mass is 9.75. The van der Waals surface area contributed by atoms with Gasteiger partial charge in [-0.1, -0.05) is 6.42 Å². The summed E-state index contributed by atoms with van der Waals surface area (Å²) in [5.74, 6) is -2.05. The molecule has 1 fully saturated rings. The fourth-order valence-electron chi connectivity index (χ4n) is 2.63. The molecular formula is C13H22F3NO3. The quantitative estimate of drug-likeness (QED) is 0.603. The highest BCUT2D eigenvalue weighted by molar-refractivity contribution is 5.81. The molecule has 0 aromatic heterocycles. The summed E-state index contributed by atoms with van der Waals surface area (Å²) in [6, 6.07) is 0.